The zero-order valence-electron chi connectivity index (χ0n) is 13.2. The molecule has 0 unspecified atom stereocenters. The van der Waals surface area contributed by atoms with Crippen LogP contribution < -0.4 is 14.9 Å². The van der Waals surface area contributed by atoms with E-state index < -0.39 is 17.6 Å². The van der Waals surface area contributed by atoms with Crippen LogP contribution in [0.25, 0.3) is 0 Å². The lowest BCUT2D eigenvalue weighted by atomic mass is 10.1. The molecule has 0 aliphatic heterocycles. The molecule has 0 heterocycles. The maximum Gasteiger partial charge on any atom is 0.416 e. The smallest absolute Gasteiger partial charge is 0.416 e. The topological polar surface area (TPSA) is 59.9 Å². The minimum absolute atomic E-state index is 0.253. The Morgan fingerprint density at radius 2 is 1.68 bits per heavy atom. The number of benzene rings is 2. The highest BCUT2D eigenvalue weighted by atomic mass is 19.4. The first-order chi connectivity index (χ1) is 11.9. The lowest BCUT2D eigenvalue weighted by molar-refractivity contribution is -0.137. The number of alkyl halides is 3. The fourth-order valence-electron chi connectivity index (χ4n) is 1.79. The molecule has 132 valence electrons. The maximum atomic E-state index is 12.4. The molecule has 0 aliphatic carbocycles. The minimum atomic E-state index is -4.39. The molecule has 2 aromatic rings. The number of rotatable bonds is 6. The van der Waals surface area contributed by atoms with E-state index >= 15 is 0 Å². The summed E-state index contributed by atoms with van der Waals surface area (Å²) in [6, 6.07) is 11.1. The summed E-state index contributed by atoms with van der Waals surface area (Å²) in [6.07, 6.45) is -3.14. The number of methoxy groups -OCH3 is 1. The Kier molecular flexibility index (Phi) is 5.99. The van der Waals surface area contributed by atoms with Gasteiger partial charge in [-0.3, -0.25) is 4.79 Å². The zero-order valence-corrected chi connectivity index (χ0v) is 13.2. The average molecular weight is 352 g/mol. The van der Waals surface area contributed by atoms with E-state index in [1.807, 2.05) is 0 Å². The number of hydrogen-bond acceptors (Lipinski definition) is 4. The predicted molar refractivity (Wildman–Crippen MR) is 85.7 cm³/mol. The van der Waals surface area contributed by atoms with Crippen molar-refractivity contribution in [2.24, 2.45) is 5.10 Å². The standard InChI is InChI=1S/C17H15F3N2O3/c1-24-14-6-8-15(9-7-14)25-11-16(23)22-21-10-12-2-4-13(5-3-12)17(18,19)20/h2-10H,11H2,1H3,(H,22,23). The first kappa shape index (κ1) is 18.3. The van der Waals surface area contributed by atoms with E-state index in [0.717, 1.165) is 12.1 Å². The van der Waals surface area contributed by atoms with Gasteiger partial charge in [0.1, 0.15) is 11.5 Å². The molecule has 2 rings (SSSR count). The molecule has 0 aromatic heterocycles. The molecule has 1 amide bonds. The SMILES string of the molecule is COc1ccc(OCC(=O)NN=Cc2ccc(C(F)(F)F)cc2)cc1. The van der Waals surface area contributed by atoms with Gasteiger partial charge in [0.05, 0.1) is 18.9 Å². The zero-order chi connectivity index (χ0) is 18.3. The van der Waals surface area contributed by atoms with Crippen molar-refractivity contribution in [1.29, 1.82) is 0 Å². The van der Waals surface area contributed by atoms with Crippen LogP contribution >= 0.6 is 0 Å². The highest BCUT2D eigenvalue weighted by Gasteiger charge is 2.29. The van der Waals surface area contributed by atoms with E-state index in [9.17, 15) is 18.0 Å². The highest BCUT2D eigenvalue weighted by Crippen LogP contribution is 2.28. The van der Waals surface area contributed by atoms with Crippen molar-refractivity contribution in [3.8, 4) is 11.5 Å². The molecular weight excluding hydrogens is 337 g/mol. The molecule has 0 spiro atoms. The number of carbonyl (C=O) groups is 1. The summed E-state index contributed by atoms with van der Waals surface area (Å²) in [5.74, 6) is 0.652. The number of nitrogens with zero attached hydrogens (tertiary/aromatic N) is 1. The summed E-state index contributed by atoms with van der Waals surface area (Å²) in [4.78, 5) is 11.6. The summed E-state index contributed by atoms with van der Waals surface area (Å²) < 4.78 is 47.6. The van der Waals surface area contributed by atoms with Gasteiger partial charge in [0.2, 0.25) is 0 Å². The van der Waals surface area contributed by atoms with Gasteiger partial charge >= 0.3 is 6.18 Å². The molecule has 0 radical (unpaired) electrons. The molecule has 0 atom stereocenters. The van der Waals surface area contributed by atoms with Crippen LogP contribution in [0.5, 0.6) is 11.5 Å². The van der Waals surface area contributed by atoms with Crippen molar-refractivity contribution in [3.05, 3.63) is 59.7 Å². The van der Waals surface area contributed by atoms with Crippen molar-refractivity contribution in [1.82, 2.24) is 5.43 Å². The van der Waals surface area contributed by atoms with Crippen LogP contribution in [0.15, 0.2) is 53.6 Å². The number of amides is 1. The largest absolute Gasteiger partial charge is 0.497 e. The molecule has 2 aromatic carbocycles. The van der Waals surface area contributed by atoms with Crippen LogP contribution in [0, 0.1) is 0 Å². The number of hydrogen-bond donors (Lipinski definition) is 1. The van der Waals surface area contributed by atoms with Crippen LogP contribution in [-0.2, 0) is 11.0 Å². The van der Waals surface area contributed by atoms with Crippen molar-refractivity contribution >= 4 is 12.1 Å². The van der Waals surface area contributed by atoms with Crippen LogP contribution in [0.3, 0.4) is 0 Å². The second kappa shape index (κ2) is 8.18. The van der Waals surface area contributed by atoms with Gasteiger partial charge in [-0.25, -0.2) is 5.43 Å². The molecule has 0 saturated heterocycles. The first-order valence-electron chi connectivity index (χ1n) is 7.14. The quantitative estimate of drug-likeness (QED) is 0.641. The normalized spacial score (nSPS) is 11.4. The molecule has 0 fully saturated rings. The van der Waals surface area contributed by atoms with Crippen LogP contribution in [0.1, 0.15) is 11.1 Å². The van der Waals surface area contributed by atoms with Gasteiger partial charge in [-0.15, -0.1) is 0 Å². The van der Waals surface area contributed by atoms with Gasteiger partial charge in [-0.05, 0) is 42.0 Å². The fourth-order valence-corrected chi connectivity index (χ4v) is 1.79. The highest BCUT2D eigenvalue weighted by molar-refractivity contribution is 5.82. The third kappa shape index (κ3) is 5.83. The third-order valence-electron chi connectivity index (χ3n) is 3.07. The summed E-state index contributed by atoms with van der Waals surface area (Å²) >= 11 is 0. The van der Waals surface area contributed by atoms with E-state index in [1.54, 1.807) is 24.3 Å². The van der Waals surface area contributed by atoms with E-state index in [-0.39, 0.29) is 6.61 Å². The summed E-state index contributed by atoms with van der Waals surface area (Å²) in [7, 11) is 1.54. The minimum Gasteiger partial charge on any atom is -0.497 e. The molecule has 0 aliphatic rings. The average Bonchev–Trinajstić information content (AvgIpc) is 2.60. The molecule has 0 saturated carbocycles. The van der Waals surface area contributed by atoms with Crippen molar-refractivity contribution in [3.63, 3.8) is 0 Å². The molecule has 25 heavy (non-hydrogen) atoms. The second-order valence-electron chi connectivity index (χ2n) is 4.88. The Hall–Kier alpha value is -3.03. The number of hydrazone groups is 1. The van der Waals surface area contributed by atoms with E-state index in [1.165, 1.54) is 25.5 Å². The summed E-state index contributed by atoms with van der Waals surface area (Å²) in [5.41, 5.74) is 1.90. The summed E-state index contributed by atoms with van der Waals surface area (Å²) in [5, 5.41) is 3.67. The molecule has 0 bridgehead atoms. The van der Waals surface area contributed by atoms with Crippen LogP contribution in [0.4, 0.5) is 13.2 Å². The monoisotopic (exact) mass is 352 g/mol. The second-order valence-corrected chi connectivity index (χ2v) is 4.88. The Bertz CT molecular complexity index is 726. The Balaban J connectivity index is 1.79. The van der Waals surface area contributed by atoms with Gasteiger partial charge in [0.15, 0.2) is 6.61 Å². The lowest BCUT2D eigenvalue weighted by Gasteiger charge is -2.06. The maximum absolute atomic E-state index is 12.4. The summed E-state index contributed by atoms with van der Waals surface area (Å²) in [6.45, 7) is -0.253. The Morgan fingerprint density at radius 1 is 1.08 bits per heavy atom. The molecular formula is C17H15F3N2O3. The molecule has 8 heteroatoms. The van der Waals surface area contributed by atoms with Crippen molar-refractivity contribution in [2.75, 3.05) is 13.7 Å². The number of ether oxygens (including phenoxy) is 2. The van der Waals surface area contributed by atoms with E-state index in [2.05, 4.69) is 10.5 Å². The van der Waals surface area contributed by atoms with Gasteiger partial charge in [0.25, 0.3) is 5.91 Å². The van der Waals surface area contributed by atoms with Gasteiger partial charge in [0, 0.05) is 0 Å². The lowest BCUT2D eigenvalue weighted by Crippen LogP contribution is -2.24. The third-order valence-corrected chi connectivity index (χ3v) is 3.07. The number of carbonyl (C=O) groups excluding carboxylic acids is 1. The fraction of sp³-hybridized carbons (Fsp3) is 0.176. The number of halogens is 3. The first-order valence-corrected chi connectivity index (χ1v) is 7.14. The van der Waals surface area contributed by atoms with Crippen LogP contribution in [-0.4, -0.2) is 25.8 Å². The Labute approximate surface area is 142 Å². The Morgan fingerprint density at radius 3 is 2.24 bits per heavy atom. The van der Waals surface area contributed by atoms with E-state index in [0.29, 0.717) is 17.1 Å². The van der Waals surface area contributed by atoms with Crippen molar-refractivity contribution < 1.29 is 27.4 Å². The van der Waals surface area contributed by atoms with Gasteiger partial charge in [-0.2, -0.15) is 18.3 Å². The predicted octanol–water partition coefficient (Wildman–Crippen LogP) is 3.24. The molecule has 5 nitrogen and oxygen atoms in total. The molecule has 1 N–H and O–H groups in total. The number of nitrogens with one attached hydrogen (secondary N) is 1. The van der Waals surface area contributed by atoms with Crippen molar-refractivity contribution in [2.45, 2.75) is 6.18 Å². The van der Waals surface area contributed by atoms with E-state index in [4.69, 9.17) is 9.47 Å². The van der Waals surface area contributed by atoms with Gasteiger partial charge < -0.3 is 9.47 Å². The van der Waals surface area contributed by atoms with Crippen LogP contribution in [0.2, 0.25) is 0 Å². The van der Waals surface area contributed by atoms with Gasteiger partial charge in [-0.1, -0.05) is 12.1 Å².